The Morgan fingerprint density at radius 1 is 1.50 bits per heavy atom. The highest BCUT2D eigenvalue weighted by Crippen LogP contribution is 2.35. The SMILES string of the molecule is N#CCc1cc(N)cc2c(O)csc12. The van der Waals surface area contributed by atoms with Crippen molar-refractivity contribution in [3.05, 3.63) is 23.1 Å². The van der Waals surface area contributed by atoms with Gasteiger partial charge in [0.1, 0.15) is 5.75 Å². The van der Waals surface area contributed by atoms with Gasteiger partial charge in [0.2, 0.25) is 0 Å². The van der Waals surface area contributed by atoms with E-state index in [0.29, 0.717) is 12.1 Å². The minimum atomic E-state index is 0.233. The monoisotopic (exact) mass is 204 g/mol. The van der Waals surface area contributed by atoms with E-state index in [9.17, 15) is 5.11 Å². The molecule has 2 aromatic rings. The van der Waals surface area contributed by atoms with E-state index in [1.165, 1.54) is 11.3 Å². The Bertz CT molecular complexity index is 525. The Balaban J connectivity index is 2.76. The fraction of sp³-hybridized carbons (Fsp3) is 0.100. The number of nitrogens with two attached hydrogens (primary N) is 1. The molecule has 0 aliphatic heterocycles. The van der Waals surface area contributed by atoms with E-state index in [1.807, 2.05) is 0 Å². The van der Waals surface area contributed by atoms with Crippen LogP contribution in [0.2, 0.25) is 0 Å². The van der Waals surface area contributed by atoms with Crippen LogP contribution in [0, 0.1) is 11.3 Å². The van der Waals surface area contributed by atoms with Gasteiger partial charge in [-0.1, -0.05) is 0 Å². The van der Waals surface area contributed by atoms with Crippen molar-refractivity contribution in [1.29, 1.82) is 5.26 Å². The van der Waals surface area contributed by atoms with Crippen LogP contribution >= 0.6 is 11.3 Å². The van der Waals surface area contributed by atoms with Crippen LogP contribution in [0.5, 0.6) is 5.75 Å². The first-order valence-electron chi connectivity index (χ1n) is 4.08. The summed E-state index contributed by atoms with van der Waals surface area (Å²) in [5.74, 6) is 0.233. The van der Waals surface area contributed by atoms with Crippen LogP contribution in [-0.2, 0) is 6.42 Å². The zero-order valence-electron chi connectivity index (χ0n) is 7.32. The van der Waals surface area contributed by atoms with Gasteiger partial charge in [-0.2, -0.15) is 5.26 Å². The fourth-order valence-electron chi connectivity index (χ4n) is 1.44. The van der Waals surface area contributed by atoms with Crippen molar-refractivity contribution in [2.45, 2.75) is 6.42 Å². The molecule has 0 aliphatic carbocycles. The van der Waals surface area contributed by atoms with Crippen LogP contribution in [0.3, 0.4) is 0 Å². The molecule has 0 amide bonds. The lowest BCUT2D eigenvalue weighted by molar-refractivity contribution is 0.483. The summed E-state index contributed by atoms with van der Waals surface area (Å²) < 4.78 is 0.943. The standard InChI is InChI=1S/C10H8N2OS/c11-2-1-6-3-7(12)4-8-9(13)5-14-10(6)8/h3-5,13H,1,12H2. The second-order valence-electron chi connectivity index (χ2n) is 3.01. The largest absolute Gasteiger partial charge is 0.506 e. The van der Waals surface area contributed by atoms with E-state index in [1.54, 1.807) is 17.5 Å². The molecule has 1 aromatic heterocycles. The fourth-order valence-corrected chi connectivity index (χ4v) is 2.37. The van der Waals surface area contributed by atoms with E-state index in [4.69, 9.17) is 11.0 Å². The molecule has 1 aromatic carbocycles. The van der Waals surface area contributed by atoms with Crippen LogP contribution in [-0.4, -0.2) is 5.11 Å². The number of nitriles is 1. The Labute approximate surface area is 85.0 Å². The molecule has 0 atom stereocenters. The molecule has 3 nitrogen and oxygen atoms in total. The first-order valence-corrected chi connectivity index (χ1v) is 4.96. The average Bonchev–Trinajstić information content (AvgIpc) is 2.49. The number of fused-ring (bicyclic) bond motifs is 1. The van der Waals surface area contributed by atoms with Crippen molar-refractivity contribution in [2.24, 2.45) is 0 Å². The van der Waals surface area contributed by atoms with Gasteiger partial charge in [0, 0.05) is 21.2 Å². The quantitative estimate of drug-likeness (QED) is 0.700. The molecular weight excluding hydrogens is 196 g/mol. The summed E-state index contributed by atoms with van der Waals surface area (Å²) in [6.07, 6.45) is 0.321. The van der Waals surface area contributed by atoms with Crippen molar-refractivity contribution >= 4 is 27.1 Å². The lowest BCUT2D eigenvalue weighted by Gasteiger charge is -2.00. The molecule has 0 radical (unpaired) electrons. The molecule has 2 rings (SSSR count). The number of rotatable bonds is 1. The number of nitrogens with zero attached hydrogens (tertiary/aromatic N) is 1. The number of aromatic hydroxyl groups is 1. The number of thiophene rings is 1. The van der Waals surface area contributed by atoms with Gasteiger partial charge < -0.3 is 10.8 Å². The zero-order chi connectivity index (χ0) is 10.1. The molecule has 0 bridgehead atoms. The van der Waals surface area contributed by atoms with Gasteiger partial charge >= 0.3 is 0 Å². The minimum absolute atomic E-state index is 0.233. The molecule has 0 unspecified atom stereocenters. The summed E-state index contributed by atoms with van der Waals surface area (Å²) in [5.41, 5.74) is 7.13. The van der Waals surface area contributed by atoms with E-state index in [2.05, 4.69) is 6.07 Å². The summed E-state index contributed by atoms with van der Waals surface area (Å²) in [7, 11) is 0. The number of anilines is 1. The molecule has 4 heteroatoms. The van der Waals surface area contributed by atoms with Crippen LogP contribution in [0.4, 0.5) is 5.69 Å². The molecule has 0 saturated heterocycles. The van der Waals surface area contributed by atoms with Gasteiger partial charge in [-0.05, 0) is 17.7 Å². The Hall–Kier alpha value is -1.73. The van der Waals surface area contributed by atoms with Gasteiger partial charge in [-0.25, -0.2) is 0 Å². The third-order valence-corrected chi connectivity index (χ3v) is 3.08. The zero-order valence-corrected chi connectivity index (χ0v) is 8.14. The molecule has 0 spiro atoms. The highest BCUT2D eigenvalue weighted by molar-refractivity contribution is 7.17. The third-order valence-electron chi connectivity index (χ3n) is 2.02. The predicted molar refractivity (Wildman–Crippen MR) is 57.2 cm³/mol. The molecule has 0 aliphatic rings. The minimum Gasteiger partial charge on any atom is -0.506 e. The highest BCUT2D eigenvalue weighted by Gasteiger charge is 2.08. The smallest absolute Gasteiger partial charge is 0.134 e. The van der Waals surface area contributed by atoms with Crippen molar-refractivity contribution in [3.8, 4) is 11.8 Å². The van der Waals surface area contributed by atoms with Crippen molar-refractivity contribution in [1.82, 2.24) is 0 Å². The highest BCUT2D eigenvalue weighted by atomic mass is 32.1. The predicted octanol–water partition coefficient (Wildman–Crippen LogP) is 2.26. The lowest BCUT2D eigenvalue weighted by atomic mass is 10.1. The summed E-state index contributed by atoms with van der Waals surface area (Å²) in [5, 5.41) is 20.5. The maximum absolute atomic E-state index is 9.50. The maximum atomic E-state index is 9.50. The Kier molecular flexibility index (Phi) is 2.02. The third kappa shape index (κ3) is 1.28. The number of nitrogen functional groups attached to an aromatic ring is 1. The number of hydrogen-bond acceptors (Lipinski definition) is 4. The second kappa shape index (κ2) is 3.20. The van der Waals surface area contributed by atoms with Gasteiger partial charge in [0.15, 0.2) is 0 Å². The second-order valence-corrected chi connectivity index (χ2v) is 3.89. The molecule has 0 saturated carbocycles. The molecule has 70 valence electrons. The Morgan fingerprint density at radius 3 is 3.00 bits per heavy atom. The van der Waals surface area contributed by atoms with Gasteiger partial charge in [-0.3, -0.25) is 0 Å². The summed E-state index contributed by atoms with van der Waals surface area (Å²) >= 11 is 1.43. The van der Waals surface area contributed by atoms with Gasteiger partial charge in [-0.15, -0.1) is 11.3 Å². The molecule has 0 fully saturated rings. The molecule has 1 heterocycles. The topological polar surface area (TPSA) is 70.0 Å². The summed E-state index contributed by atoms with van der Waals surface area (Å²) in [6.45, 7) is 0. The van der Waals surface area contributed by atoms with E-state index >= 15 is 0 Å². The first-order chi connectivity index (χ1) is 6.72. The first kappa shape index (κ1) is 8.85. The molecule has 14 heavy (non-hydrogen) atoms. The van der Waals surface area contributed by atoms with Gasteiger partial charge in [0.05, 0.1) is 12.5 Å². The van der Waals surface area contributed by atoms with Crippen LogP contribution in [0.1, 0.15) is 5.56 Å². The van der Waals surface area contributed by atoms with Gasteiger partial charge in [0.25, 0.3) is 0 Å². The Morgan fingerprint density at radius 2 is 2.29 bits per heavy atom. The summed E-state index contributed by atoms with van der Waals surface area (Å²) in [4.78, 5) is 0. The van der Waals surface area contributed by atoms with Crippen LogP contribution in [0.25, 0.3) is 10.1 Å². The molecular formula is C10H8N2OS. The van der Waals surface area contributed by atoms with Crippen molar-refractivity contribution in [3.63, 3.8) is 0 Å². The van der Waals surface area contributed by atoms with E-state index in [0.717, 1.165) is 15.6 Å². The molecule has 3 N–H and O–H groups in total. The van der Waals surface area contributed by atoms with Crippen molar-refractivity contribution < 1.29 is 5.11 Å². The number of hydrogen-bond donors (Lipinski definition) is 2. The number of benzene rings is 1. The van der Waals surface area contributed by atoms with Crippen LogP contribution < -0.4 is 5.73 Å². The van der Waals surface area contributed by atoms with Crippen molar-refractivity contribution in [2.75, 3.05) is 5.73 Å². The van der Waals surface area contributed by atoms with E-state index in [-0.39, 0.29) is 5.75 Å². The average molecular weight is 204 g/mol. The van der Waals surface area contributed by atoms with Crippen LogP contribution in [0.15, 0.2) is 17.5 Å². The lowest BCUT2D eigenvalue weighted by Crippen LogP contribution is -1.88. The maximum Gasteiger partial charge on any atom is 0.134 e. The summed E-state index contributed by atoms with van der Waals surface area (Å²) in [6, 6.07) is 5.59. The normalized spacial score (nSPS) is 10.2. The van der Waals surface area contributed by atoms with E-state index < -0.39 is 0 Å².